The van der Waals surface area contributed by atoms with Crippen LogP contribution in [0.25, 0.3) is 11.1 Å². The van der Waals surface area contributed by atoms with Gasteiger partial charge in [-0.3, -0.25) is 0 Å². The molecule has 0 saturated heterocycles. The maximum atomic E-state index is 14.4. The van der Waals surface area contributed by atoms with Gasteiger partial charge in [-0.1, -0.05) is 64.1 Å². The van der Waals surface area contributed by atoms with Gasteiger partial charge in [-0.25, -0.2) is 4.39 Å². The number of halogens is 1. The van der Waals surface area contributed by atoms with E-state index in [0.29, 0.717) is 18.8 Å². The Labute approximate surface area is 151 Å². The van der Waals surface area contributed by atoms with E-state index in [1.54, 1.807) is 13.2 Å². The van der Waals surface area contributed by atoms with Crippen LogP contribution in [-0.2, 0) is 15.9 Å². The molecule has 1 atom stereocenters. The highest BCUT2D eigenvalue weighted by molar-refractivity contribution is 5.69. The van der Waals surface area contributed by atoms with Crippen LogP contribution in [0.5, 0.6) is 0 Å². The Morgan fingerprint density at radius 3 is 2.32 bits per heavy atom. The molecule has 2 aromatic rings. The van der Waals surface area contributed by atoms with Gasteiger partial charge in [-0.05, 0) is 34.6 Å². The van der Waals surface area contributed by atoms with E-state index in [2.05, 4.69) is 39.8 Å². The van der Waals surface area contributed by atoms with Crippen LogP contribution >= 0.6 is 0 Å². The number of hydrogen-bond acceptors (Lipinski definition) is 2. The van der Waals surface area contributed by atoms with Crippen LogP contribution in [-0.4, -0.2) is 20.3 Å². The van der Waals surface area contributed by atoms with Gasteiger partial charge in [0.15, 0.2) is 0 Å². The summed E-state index contributed by atoms with van der Waals surface area (Å²) < 4.78 is 25.8. The lowest BCUT2D eigenvalue weighted by Gasteiger charge is -2.33. The molecule has 0 heterocycles. The number of methoxy groups -OCH3 is 1. The van der Waals surface area contributed by atoms with Crippen LogP contribution in [0.2, 0.25) is 0 Å². The van der Waals surface area contributed by atoms with E-state index in [1.807, 2.05) is 18.2 Å². The van der Waals surface area contributed by atoms with Crippen molar-refractivity contribution in [2.24, 2.45) is 5.41 Å². The topological polar surface area (TPSA) is 18.5 Å². The molecule has 0 saturated carbocycles. The Balaban J connectivity index is 2.56. The summed E-state index contributed by atoms with van der Waals surface area (Å²) in [5.41, 5.74) is 3.64. The molecule has 0 fully saturated rings. The number of benzene rings is 2. The van der Waals surface area contributed by atoms with Gasteiger partial charge in [0.1, 0.15) is 5.82 Å². The monoisotopic (exact) mass is 344 g/mol. The summed E-state index contributed by atoms with van der Waals surface area (Å²) in [4.78, 5) is 0. The van der Waals surface area contributed by atoms with Crippen molar-refractivity contribution in [2.45, 2.75) is 40.2 Å². The second kappa shape index (κ2) is 8.59. The Bertz CT molecular complexity index is 689. The molecule has 0 aromatic heterocycles. The maximum Gasteiger partial charge on any atom is 0.131 e. The fraction of sp³-hybridized carbons (Fsp3) is 0.455. The third-order valence-corrected chi connectivity index (χ3v) is 4.33. The Kier molecular flexibility index (Phi) is 6.74. The average Bonchev–Trinajstić information content (AvgIpc) is 2.58. The zero-order valence-electron chi connectivity index (χ0n) is 15.9. The van der Waals surface area contributed by atoms with Crippen molar-refractivity contribution in [3.8, 4) is 11.1 Å². The molecule has 0 unspecified atom stereocenters. The number of hydrogen-bond donors (Lipinski definition) is 0. The summed E-state index contributed by atoms with van der Waals surface area (Å²) in [7, 11) is 1.66. The first kappa shape index (κ1) is 19.6. The van der Waals surface area contributed by atoms with Crippen LogP contribution < -0.4 is 0 Å². The Morgan fingerprint density at radius 2 is 1.72 bits per heavy atom. The molecule has 0 bridgehead atoms. The van der Waals surface area contributed by atoms with E-state index in [0.717, 1.165) is 17.5 Å². The minimum atomic E-state index is -0.211. The highest BCUT2D eigenvalue weighted by atomic mass is 19.1. The Morgan fingerprint density at radius 1 is 1.00 bits per heavy atom. The number of rotatable bonds is 7. The normalized spacial score (nSPS) is 13.0. The maximum absolute atomic E-state index is 14.4. The fourth-order valence-electron chi connectivity index (χ4n) is 3.03. The molecule has 0 spiro atoms. The molecule has 0 aliphatic rings. The van der Waals surface area contributed by atoms with Crippen molar-refractivity contribution in [1.82, 2.24) is 0 Å². The molecule has 0 amide bonds. The van der Waals surface area contributed by atoms with E-state index in [1.165, 1.54) is 11.6 Å². The van der Waals surface area contributed by atoms with Crippen LogP contribution in [0.3, 0.4) is 0 Å². The van der Waals surface area contributed by atoms with Crippen molar-refractivity contribution in [2.75, 3.05) is 20.3 Å². The molecule has 0 aliphatic heterocycles. The summed E-state index contributed by atoms with van der Waals surface area (Å²) in [5, 5.41) is 0. The van der Waals surface area contributed by atoms with Gasteiger partial charge in [0.25, 0.3) is 0 Å². The van der Waals surface area contributed by atoms with Crippen LogP contribution in [0.4, 0.5) is 4.39 Å². The van der Waals surface area contributed by atoms with Gasteiger partial charge < -0.3 is 9.47 Å². The third-order valence-electron chi connectivity index (χ3n) is 4.33. The van der Waals surface area contributed by atoms with Crippen molar-refractivity contribution in [3.05, 3.63) is 59.4 Å². The zero-order chi connectivity index (χ0) is 18.4. The quantitative estimate of drug-likeness (QED) is 0.591. The minimum Gasteiger partial charge on any atom is -0.382 e. The highest BCUT2D eigenvalue weighted by Gasteiger charge is 2.30. The molecule has 0 radical (unpaired) electrons. The summed E-state index contributed by atoms with van der Waals surface area (Å²) in [5.74, 6) is -0.211. The first-order valence-electron chi connectivity index (χ1n) is 8.86. The van der Waals surface area contributed by atoms with E-state index < -0.39 is 0 Å². The Hall–Kier alpha value is -1.71. The molecule has 2 rings (SSSR count). The summed E-state index contributed by atoms with van der Waals surface area (Å²) in [6.07, 6.45) is 0.781. The molecule has 3 heteroatoms. The molecule has 2 aromatic carbocycles. The van der Waals surface area contributed by atoms with Crippen molar-refractivity contribution < 1.29 is 13.9 Å². The van der Waals surface area contributed by atoms with E-state index in [9.17, 15) is 4.39 Å². The zero-order valence-corrected chi connectivity index (χ0v) is 15.9. The van der Waals surface area contributed by atoms with Crippen LogP contribution in [0, 0.1) is 11.2 Å². The third kappa shape index (κ3) is 4.90. The molecular formula is C22H29FO2. The predicted molar refractivity (Wildman–Crippen MR) is 101 cm³/mol. The van der Waals surface area contributed by atoms with Crippen molar-refractivity contribution in [3.63, 3.8) is 0 Å². The number of aryl methyl sites for hydroxylation is 1. The van der Waals surface area contributed by atoms with Gasteiger partial charge >= 0.3 is 0 Å². The van der Waals surface area contributed by atoms with Gasteiger partial charge in [0.05, 0.1) is 19.3 Å². The van der Waals surface area contributed by atoms with Crippen LogP contribution in [0.15, 0.2) is 42.5 Å². The lowest BCUT2D eigenvalue weighted by molar-refractivity contribution is -0.0390. The van der Waals surface area contributed by atoms with Crippen molar-refractivity contribution in [1.29, 1.82) is 0 Å². The molecule has 0 aliphatic carbocycles. The van der Waals surface area contributed by atoms with Crippen LogP contribution in [0.1, 0.15) is 44.9 Å². The van der Waals surface area contributed by atoms with Gasteiger partial charge in [-0.15, -0.1) is 0 Å². The molecule has 136 valence electrons. The standard InChI is InChI=1S/C22H29FO2/c1-6-16-11-12-17(18-9-7-8-10-20(18)23)19(15-16)21(22(2,3)4)25-14-13-24-5/h7-12,15,21H,6,13-14H2,1-5H3/t21-/m0/s1. The lowest BCUT2D eigenvalue weighted by Crippen LogP contribution is -2.24. The van der Waals surface area contributed by atoms with Gasteiger partial charge in [0, 0.05) is 12.7 Å². The van der Waals surface area contributed by atoms with E-state index in [-0.39, 0.29) is 17.3 Å². The summed E-state index contributed by atoms with van der Waals surface area (Å²) >= 11 is 0. The van der Waals surface area contributed by atoms with E-state index >= 15 is 0 Å². The molecule has 25 heavy (non-hydrogen) atoms. The summed E-state index contributed by atoms with van der Waals surface area (Å²) in [6.45, 7) is 9.61. The molecule has 0 N–H and O–H groups in total. The first-order chi connectivity index (χ1) is 11.9. The van der Waals surface area contributed by atoms with Crippen molar-refractivity contribution >= 4 is 0 Å². The fourth-order valence-corrected chi connectivity index (χ4v) is 3.03. The minimum absolute atomic E-state index is 0.125. The number of ether oxygens (including phenoxy) is 2. The highest BCUT2D eigenvalue weighted by Crippen LogP contribution is 2.41. The predicted octanol–water partition coefficient (Wildman–Crippen LogP) is 5.81. The van der Waals surface area contributed by atoms with E-state index in [4.69, 9.17) is 9.47 Å². The average molecular weight is 344 g/mol. The first-order valence-corrected chi connectivity index (χ1v) is 8.86. The largest absolute Gasteiger partial charge is 0.382 e. The van der Waals surface area contributed by atoms with Gasteiger partial charge in [-0.2, -0.15) is 0 Å². The lowest BCUT2D eigenvalue weighted by atomic mass is 9.80. The SMILES string of the molecule is CCc1ccc(-c2ccccc2F)c([C@H](OCCOC)C(C)(C)C)c1. The molecule has 2 nitrogen and oxygen atoms in total. The second-order valence-electron chi connectivity index (χ2n) is 7.36. The smallest absolute Gasteiger partial charge is 0.131 e. The second-order valence-corrected chi connectivity index (χ2v) is 7.36. The summed E-state index contributed by atoms with van der Waals surface area (Å²) in [6, 6.07) is 13.2. The molecular weight excluding hydrogens is 315 g/mol. The van der Waals surface area contributed by atoms with Gasteiger partial charge in [0.2, 0.25) is 0 Å².